The minimum Gasteiger partial charge on any atom is -0.340 e. The Labute approximate surface area is 144 Å². The Bertz CT molecular complexity index is 801. The second-order valence-corrected chi connectivity index (χ2v) is 6.30. The molecule has 130 valence electrons. The van der Waals surface area contributed by atoms with Crippen LogP contribution in [-0.2, 0) is 4.79 Å². The Balaban J connectivity index is 1.43. The first-order valence-corrected chi connectivity index (χ1v) is 8.40. The SMILES string of the molecule is Cc1nc(C2CCCN2C(=O)Nc2ccc(N3CCC3=O)cc2)no1. The number of rotatable bonds is 3. The average molecular weight is 341 g/mol. The molecule has 1 unspecified atom stereocenters. The third kappa shape index (κ3) is 2.95. The molecule has 0 radical (unpaired) electrons. The Morgan fingerprint density at radius 1 is 1.28 bits per heavy atom. The van der Waals surface area contributed by atoms with Crippen LogP contribution in [0.2, 0.25) is 0 Å². The van der Waals surface area contributed by atoms with Crippen molar-refractivity contribution in [3.05, 3.63) is 36.0 Å². The molecule has 0 saturated carbocycles. The molecule has 1 aromatic heterocycles. The molecule has 2 aliphatic heterocycles. The monoisotopic (exact) mass is 341 g/mol. The smallest absolute Gasteiger partial charge is 0.322 e. The van der Waals surface area contributed by atoms with Gasteiger partial charge in [-0.3, -0.25) is 4.79 Å². The second kappa shape index (κ2) is 6.19. The number of hydrogen-bond acceptors (Lipinski definition) is 5. The Morgan fingerprint density at radius 2 is 2.08 bits per heavy atom. The maximum absolute atomic E-state index is 12.6. The number of carbonyl (C=O) groups is 2. The van der Waals surface area contributed by atoms with E-state index in [1.54, 1.807) is 16.7 Å². The topological polar surface area (TPSA) is 91.6 Å². The zero-order valence-corrected chi connectivity index (χ0v) is 13.9. The number of likely N-dealkylation sites (tertiary alicyclic amines) is 1. The van der Waals surface area contributed by atoms with Gasteiger partial charge in [-0.1, -0.05) is 5.16 Å². The standard InChI is InChI=1S/C17H19N5O3/c1-11-18-16(20-25-11)14-3-2-9-22(14)17(24)19-12-4-6-13(7-5-12)21-10-8-15(21)23/h4-7,14H,2-3,8-10H2,1H3,(H,19,24). The number of carbonyl (C=O) groups excluding carboxylic acids is 2. The van der Waals surface area contributed by atoms with Crippen LogP contribution in [-0.4, -0.2) is 40.1 Å². The van der Waals surface area contributed by atoms with Gasteiger partial charge in [-0.15, -0.1) is 0 Å². The van der Waals surface area contributed by atoms with E-state index in [9.17, 15) is 9.59 Å². The first-order valence-electron chi connectivity index (χ1n) is 8.40. The summed E-state index contributed by atoms with van der Waals surface area (Å²) in [7, 11) is 0. The van der Waals surface area contributed by atoms with Crippen molar-refractivity contribution >= 4 is 23.3 Å². The summed E-state index contributed by atoms with van der Waals surface area (Å²) < 4.78 is 5.03. The van der Waals surface area contributed by atoms with Gasteiger partial charge in [0.25, 0.3) is 0 Å². The van der Waals surface area contributed by atoms with Crippen LogP contribution in [0.3, 0.4) is 0 Å². The largest absolute Gasteiger partial charge is 0.340 e. The molecule has 2 fully saturated rings. The van der Waals surface area contributed by atoms with Crippen molar-refractivity contribution in [2.24, 2.45) is 0 Å². The first kappa shape index (κ1) is 15.6. The van der Waals surface area contributed by atoms with Gasteiger partial charge >= 0.3 is 6.03 Å². The third-order valence-electron chi connectivity index (χ3n) is 4.64. The summed E-state index contributed by atoms with van der Waals surface area (Å²) in [5, 5.41) is 6.85. The van der Waals surface area contributed by atoms with Gasteiger partial charge in [0.15, 0.2) is 5.82 Å². The molecular formula is C17H19N5O3. The highest BCUT2D eigenvalue weighted by molar-refractivity contribution is 5.99. The van der Waals surface area contributed by atoms with Gasteiger partial charge in [0.2, 0.25) is 11.8 Å². The van der Waals surface area contributed by atoms with E-state index in [0.717, 1.165) is 25.1 Å². The molecule has 4 rings (SSSR count). The van der Waals surface area contributed by atoms with E-state index in [1.807, 2.05) is 24.3 Å². The number of β-lactam (4-membered cyclic amide) rings is 1. The lowest BCUT2D eigenvalue weighted by molar-refractivity contribution is -0.122. The number of benzene rings is 1. The van der Waals surface area contributed by atoms with Gasteiger partial charge in [-0.2, -0.15) is 4.98 Å². The molecule has 2 aliphatic rings. The van der Waals surface area contributed by atoms with Crippen LogP contribution >= 0.6 is 0 Å². The number of amides is 3. The van der Waals surface area contributed by atoms with Crippen molar-refractivity contribution in [2.75, 3.05) is 23.3 Å². The molecule has 2 aromatic rings. The van der Waals surface area contributed by atoms with E-state index in [4.69, 9.17) is 4.52 Å². The van der Waals surface area contributed by atoms with Crippen LogP contribution in [0, 0.1) is 6.92 Å². The molecule has 0 bridgehead atoms. The third-order valence-corrected chi connectivity index (χ3v) is 4.64. The van der Waals surface area contributed by atoms with Crippen molar-refractivity contribution in [1.29, 1.82) is 0 Å². The molecule has 0 spiro atoms. The summed E-state index contributed by atoms with van der Waals surface area (Å²) >= 11 is 0. The number of aromatic nitrogens is 2. The van der Waals surface area contributed by atoms with Gasteiger partial charge in [0.05, 0.1) is 6.04 Å². The van der Waals surface area contributed by atoms with E-state index in [2.05, 4.69) is 15.5 Å². The number of nitrogens with zero attached hydrogens (tertiary/aromatic N) is 4. The molecule has 0 aliphatic carbocycles. The molecule has 8 nitrogen and oxygen atoms in total. The first-order chi connectivity index (χ1) is 12.1. The van der Waals surface area contributed by atoms with Crippen molar-refractivity contribution in [3.8, 4) is 0 Å². The summed E-state index contributed by atoms with van der Waals surface area (Å²) in [6, 6.07) is 6.96. The van der Waals surface area contributed by atoms with Crippen LogP contribution in [0.15, 0.2) is 28.8 Å². The van der Waals surface area contributed by atoms with Gasteiger partial charge < -0.3 is 19.6 Å². The van der Waals surface area contributed by atoms with E-state index in [1.165, 1.54) is 0 Å². The lowest BCUT2D eigenvalue weighted by atomic mass is 10.1. The van der Waals surface area contributed by atoms with Gasteiger partial charge in [-0.05, 0) is 37.1 Å². The Hall–Kier alpha value is -2.90. The molecular weight excluding hydrogens is 322 g/mol. The fourth-order valence-electron chi connectivity index (χ4n) is 3.24. The van der Waals surface area contributed by atoms with Gasteiger partial charge in [0.1, 0.15) is 0 Å². The Kier molecular flexibility index (Phi) is 3.87. The normalized spacial score (nSPS) is 19.9. The molecule has 3 heterocycles. The van der Waals surface area contributed by atoms with Crippen LogP contribution in [0.1, 0.15) is 37.0 Å². The lowest BCUT2D eigenvalue weighted by Gasteiger charge is -2.30. The molecule has 1 N–H and O–H groups in total. The van der Waals surface area contributed by atoms with Crippen LogP contribution in [0.25, 0.3) is 0 Å². The predicted molar refractivity (Wildman–Crippen MR) is 90.1 cm³/mol. The number of aryl methyl sites for hydroxylation is 1. The molecule has 8 heteroatoms. The highest BCUT2D eigenvalue weighted by Gasteiger charge is 2.33. The van der Waals surface area contributed by atoms with E-state index < -0.39 is 0 Å². The Morgan fingerprint density at radius 3 is 2.68 bits per heavy atom. The molecule has 2 saturated heterocycles. The summed E-state index contributed by atoms with van der Waals surface area (Å²) in [6.07, 6.45) is 2.33. The minimum atomic E-state index is -0.183. The predicted octanol–water partition coefficient (Wildman–Crippen LogP) is 2.48. The van der Waals surface area contributed by atoms with Crippen molar-refractivity contribution in [1.82, 2.24) is 15.0 Å². The number of urea groups is 1. The fraction of sp³-hybridized carbons (Fsp3) is 0.412. The summed E-state index contributed by atoms with van der Waals surface area (Å²) in [5.41, 5.74) is 1.55. The number of anilines is 2. The van der Waals surface area contributed by atoms with Gasteiger partial charge in [0, 0.05) is 37.8 Å². The number of hydrogen-bond donors (Lipinski definition) is 1. The summed E-state index contributed by atoms with van der Waals surface area (Å²) in [5.74, 6) is 1.18. The number of nitrogens with one attached hydrogen (secondary N) is 1. The fourth-order valence-corrected chi connectivity index (χ4v) is 3.24. The quantitative estimate of drug-likeness (QED) is 0.866. The van der Waals surface area contributed by atoms with Gasteiger partial charge in [-0.25, -0.2) is 4.79 Å². The van der Waals surface area contributed by atoms with E-state index >= 15 is 0 Å². The maximum Gasteiger partial charge on any atom is 0.322 e. The van der Waals surface area contributed by atoms with Crippen molar-refractivity contribution in [2.45, 2.75) is 32.2 Å². The van der Waals surface area contributed by atoms with Crippen molar-refractivity contribution < 1.29 is 14.1 Å². The van der Waals surface area contributed by atoms with E-state index in [0.29, 0.717) is 30.4 Å². The highest BCUT2D eigenvalue weighted by Crippen LogP contribution is 2.31. The highest BCUT2D eigenvalue weighted by atomic mass is 16.5. The van der Waals surface area contributed by atoms with Crippen LogP contribution in [0.5, 0.6) is 0 Å². The zero-order chi connectivity index (χ0) is 17.4. The average Bonchev–Trinajstić information content (AvgIpc) is 3.23. The second-order valence-electron chi connectivity index (χ2n) is 6.30. The molecule has 1 atom stereocenters. The lowest BCUT2D eigenvalue weighted by Crippen LogP contribution is -2.43. The summed E-state index contributed by atoms with van der Waals surface area (Å²) in [4.78, 5) is 31.8. The summed E-state index contributed by atoms with van der Waals surface area (Å²) in [6.45, 7) is 3.15. The minimum absolute atomic E-state index is 0.132. The molecule has 25 heavy (non-hydrogen) atoms. The van der Waals surface area contributed by atoms with Crippen LogP contribution in [0.4, 0.5) is 16.2 Å². The zero-order valence-electron chi connectivity index (χ0n) is 13.9. The molecule has 1 aromatic carbocycles. The van der Waals surface area contributed by atoms with Crippen molar-refractivity contribution in [3.63, 3.8) is 0 Å². The van der Waals surface area contributed by atoms with E-state index in [-0.39, 0.29) is 18.0 Å². The molecule has 3 amide bonds. The maximum atomic E-state index is 12.6. The van der Waals surface area contributed by atoms with Crippen LogP contribution < -0.4 is 10.2 Å².